The van der Waals surface area contributed by atoms with Crippen LogP contribution in [0.1, 0.15) is 35.7 Å². The smallest absolute Gasteiger partial charge is 0.258 e. The molecule has 1 aromatic rings. The van der Waals surface area contributed by atoms with Crippen LogP contribution in [0.25, 0.3) is 0 Å². The van der Waals surface area contributed by atoms with Gasteiger partial charge >= 0.3 is 0 Å². The molecular weight excluding hydrogens is 218 g/mol. The quantitative estimate of drug-likeness (QED) is 0.751. The van der Waals surface area contributed by atoms with E-state index in [0.29, 0.717) is 24.5 Å². The molecule has 1 aliphatic rings. The number of amides is 1. The molecular formula is C13H19NO3. The molecule has 1 saturated heterocycles. The van der Waals surface area contributed by atoms with E-state index >= 15 is 0 Å². The molecule has 0 unspecified atom stereocenters. The minimum Gasteiger partial charge on any atom is -0.466 e. The molecule has 0 radical (unpaired) electrons. The van der Waals surface area contributed by atoms with Gasteiger partial charge in [-0.2, -0.15) is 0 Å². The van der Waals surface area contributed by atoms with Gasteiger partial charge in [-0.3, -0.25) is 4.79 Å². The van der Waals surface area contributed by atoms with Crippen molar-refractivity contribution in [3.05, 3.63) is 23.2 Å². The van der Waals surface area contributed by atoms with E-state index in [-0.39, 0.29) is 18.0 Å². The maximum Gasteiger partial charge on any atom is 0.258 e. The molecule has 0 bridgehead atoms. The predicted octanol–water partition coefficient (Wildman–Crippen LogP) is 2.15. The van der Waals surface area contributed by atoms with Crippen LogP contribution in [0.2, 0.25) is 0 Å². The molecule has 2 heterocycles. The summed E-state index contributed by atoms with van der Waals surface area (Å²) in [4.78, 5) is 14.4. The van der Waals surface area contributed by atoms with Crippen LogP contribution in [0.5, 0.6) is 0 Å². The van der Waals surface area contributed by atoms with Crippen LogP contribution < -0.4 is 0 Å². The van der Waals surface area contributed by atoms with Crippen LogP contribution in [0.4, 0.5) is 0 Å². The standard InChI is InChI=1S/C13H19NO3/c1-8-6-16-7-9(2)14(8)13(15)12-5-10(3)17-11(12)4/h5,8-9H,6-7H2,1-4H3/t8-,9-/m0/s1. The zero-order valence-electron chi connectivity index (χ0n) is 10.8. The van der Waals surface area contributed by atoms with E-state index in [1.807, 2.05) is 38.7 Å². The normalized spacial score (nSPS) is 25.1. The Morgan fingerprint density at radius 2 is 1.88 bits per heavy atom. The summed E-state index contributed by atoms with van der Waals surface area (Å²) in [5.74, 6) is 1.51. The number of carbonyl (C=O) groups is 1. The lowest BCUT2D eigenvalue weighted by atomic mass is 10.1. The second kappa shape index (κ2) is 4.53. The molecule has 17 heavy (non-hydrogen) atoms. The zero-order chi connectivity index (χ0) is 12.6. The number of aryl methyl sites for hydroxylation is 2. The first kappa shape index (κ1) is 12.2. The fourth-order valence-electron chi connectivity index (χ4n) is 2.39. The molecule has 1 fully saturated rings. The Morgan fingerprint density at radius 3 is 2.35 bits per heavy atom. The number of furan rings is 1. The van der Waals surface area contributed by atoms with Gasteiger partial charge in [0, 0.05) is 0 Å². The van der Waals surface area contributed by atoms with Gasteiger partial charge in [-0.05, 0) is 33.8 Å². The summed E-state index contributed by atoms with van der Waals surface area (Å²) in [6.45, 7) is 8.91. The van der Waals surface area contributed by atoms with Crippen LogP contribution in [0.3, 0.4) is 0 Å². The summed E-state index contributed by atoms with van der Waals surface area (Å²) in [5, 5.41) is 0. The highest BCUT2D eigenvalue weighted by molar-refractivity contribution is 5.95. The molecule has 0 spiro atoms. The molecule has 0 aliphatic carbocycles. The van der Waals surface area contributed by atoms with Gasteiger partial charge < -0.3 is 14.1 Å². The maximum absolute atomic E-state index is 12.5. The third-order valence-corrected chi connectivity index (χ3v) is 3.17. The maximum atomic E-state index is 12.5. The van der Waals surface area contributed by atoms with E-state index in [0.717, 1.165) is 5.76 Å². The summed E-state index contributed by atoms with van der Waals surface area (Å²) in [6, 6.07) is 2.04. The molecule has 0 saturated carbocycles. The minimum absolute atomic E-state index is 0.0441. The summed E-state index contributed by atoms with van der Waals surface area (Å²) < 4.78 is 10.8. The number of carbonyl (C=O) groups excluding carboxylic acids is 1. The Labute approximate surface area is 102 Å². The van der Waals surface area contributed by atoms with Crippen LogP contribution >= 0.6 is 0 Å². The van der Waals surface area contributed by atoms with Crippen molar-refractivity contribution >= 4 is 5.91 Å². The number of hydrogen-bond acceptors (Lipinski definition) is 3. The Bertz CT molecular complexity index is 414. The summed E-state index contributed by atoms with van der Waals surface area (Å²) in [5.41, 5.74) is 0.670. The Hall–Kier alpha value is -1.29. The zero-order valence-corrected chi connectivity index (χ0v) is 10.8. The Balaban J connectivity index is 2.27. The van der Waals surface area contributed by atoms with Gasteiger partial charge in [0.15, 0.2) is 0 Å². The van der Waals surface area contributed by atoms with Crippen molar-refractivity contribution < 1.29 is 13.9 Å². The van der Waals surface area contributed by atoms with Gasteiger partial charge in [-0.15, -0.1) is 0 Å². The molecule has 1 amide bonds. The van der Waals surface area contributed by atoms with Crippen LogP contribution in [0.15, 0.2) is 10.5 Å². The van der Waals surface area contributed by atoms with Crippen molar-refractivity contribution in [1.82, 2.24) is 4.90 Å². The van der Waals surface area contributed by atoms with Crippen LogP contribution in [-0.2, 0) is 4.74 Å². The number of rotatable bonds is 1. The molecule has 94 valence electrons. The van der Waals surface area contributed by atoms with Crippen molar-refractivity contribution in [1.29, 1.82) is 0 Å². The van der Waals surface area contributed by atoms with Crippen molar-refractivity contribution in [3.8, 4) is 0 Å². The topological polar surface area (TPSA) is 42.7 Å². The third-order valence-electron chi connectivity index (χ3n) is 3.17. The average molecular weight is 237 g/mol. The number of morpholine rings is 1. The van der Waals surface area contributed by atoms with Crippen molar-refractivity contribution in [3.63, 3.8) is 0 Å². The molecule has 1 aromatic heterocycles. The number of nitrogens with zero attached hydrogens (tertiary/aromatic N) is 1. The summed E-state index contributed by atoms with van der Waals surface area (Å²) >= 11 is 0. The van der Waals surface area contributed by atoms with E-state index in [4.69, 9.17) is 9.15 Å². The van der Waals surface area contributed by atoms with Gasteiger partial charge in [0.1, 0.15) is 11.5 Å². The van der Waals surface area contributed by atoms with Gasteiger partial charge in [0.2, 0.25) is 0 Å². The van der Waals surface area contributed by atoms with Crippen molar-refractivity contribution in [2.45, 2.75) is 39.8 Å². The van der Waals surface area contributed by atoms with E-state index < -0.39 is 0 Å². The SMILES string of the molecule is Cc1cc(C(=O)N2[C@@H](C)COC[C@@H]2C)c(C)o1. The largest absolute Gasteiger partial charge is 0.466 e. The van der Waals surface area contributed by atoms with Crippen LogP contribution in [-0.4, -0.2) is 36.1 Å². The lowest BCUT2D eigenvalue weighted by molar-refractivity contribution is -0.0250. The lowest BCUT2D eigenvalue weighted by Gasteiger charge is -2.38. The lowest BCUT2D eigenvalue weighted by Crippen LogP contribution is -2.52. The van der Waals surface area contributed by atoms with E-state index in [2.05, 4.69) is 0 Å². The molecule has 1 aliphatic heterocycles. The monoisotopic (exact) mass is 237 g/mol. The fourth-order valence-corrected chi connectivity index (χ4v) is 2.39. The highest BCUT2D eigenvalue weighted by Gasteiger charge is 2.31. The Morgan fingerprint density at radius 1 is 1.29 bits per heavy atom. The average Bonchev–Trinajstić information content (AvgIpc) is 2.57. The van der Waals surface area contributed by atoms with E-state index in [1.54, 1.807) is 0 Å². The number of ether oxygens (including phenoxy) is 1. The second-order valence-corrected chi connectivity index (χ2v) is 4.77. The second-order valence-electron chi connectivity index (χ2n) is 4.77. The molecule has 0 aromatic carbocycles. The van der Waals surface area contributed by atoms with Gasteiger partial charge in [-0.25, -0.2) is 0 Å². The van der Waals surface area contributed by atoms with Gasteiger partial charge in [0.05, 0.1) is 30.9 Å². The summed E-state index contributed by atoms with van der Waals surface area (Å²) in [6.07, 6.45) is 0. The predicted molar refractivity (Wildman–Crippen MR) is 64.1 cm³/mol. The van der Waals surface area contributed by atoms with E-state index in [1.165, 1.54) is 0 Å². The molecule has 2 rings (SSSR count). The van der Waals surface area contributed by atoms with Gasteiger partial charge in [-0.1, -0.05) is 0 Å². The van der Waals surface area contributed by atoms with Crippen molar-refractivity contribution in [2.75, 3.05) is 13.2 Å². The first-order chi connectivity index (χ1) is 8.00. The van der Waals surface area contributed by atoms with E-state index in [9.17, 15) is 4.79 Å². The third kappa shape index (κ3) is 2.22. The highest BCUT2D eigenvalue weighted by Crippen LogP contribution is 2.21. The first-order valence-corrected chi connectivity index (χ1v) is 5.98. The molecule has 0 N–H and O–H groups in total. The molecule has 4 nitrogen and oxygen atoms in total. The molecule has 2 atom stereocenters. The minimum atomic E-state index is 0.0441. The Kier molecular flexibility index (Phi) is 3.24. The highest BCUT2D eigenvalue weighted by atomic mass is 16.5. The fraction of sp³-hybridized carbons (Fsp3) is 0.615. The molecule has 4 heteroatoms. The van der Waals surface area contributed by atoms with Crippen molar-refractivity contribution in [2.24, 2.45) is 0 Å². The van der Waals surface area contributed by atoms with Gasteiger partial charge in [0.25, 0.3) is 5.91 Å². The first-order valence-electron chi connectivity index (χ1n) is 5.98. The van der Waals surface area contributed by atoms with Crippen LogP contribution in [0, 0.1) is 13.8 Å². The number of hydrogen-bond donors (Lipinski definition) is 0. The summed E-state index contributed by atoms with van der Waals surface area (Å²) in [7, 11) is 0.